The lowest BCUT2D eigenvalue weighted by molar-refractivity contribution is -0.143. The summed E-state index contributed by atoms with van der Waals surface area (Å²) in [6.45, 7) is 4.06. The van der Waals surface area contributed by atoms with Crippen molar-refractivity contribution < 1.29 is 51.3 Å². The molecule has 2 fully saturated rings. The van der Waals surface area contributed by atoms with Crippen molar-refractivity contribution in [1.82, 2.24) is 29.8 Å². The molecule has 0 bridgehead atoms. The van der Waals surface area contributed by atoms with Crippen molar-refractivity contribution in [2.45, 2.75) is 76.2 Å². The van der Waals surface area contributed by atoms with Gasteiger partial charge in [0.15, 0.2) is 11.4 Å². The van der Waals surface area contributed by atoms with Crippen LogP contribution in [0.3, 0.4) is 0 Å². The van der Waals surface area contributed by atoms with Crippen LogP contribution >= 0.6 is 55.1 Å². The van der Waals surface area contributed by atoms with E-state index in [1.165, 1.54) is 18.7 Å². The molecule has 1 amide bonds. The topological polar surface area (TPSA) is 146 Å². The summed E-state index contributed by atoms with van der Waals surface area (Å²) in [4.78, 5) is 24.4. The standard InChI is InChI=1S/C18H18BrClF3N3O2.C11H14BrNO.C7H6ClF3N2O2/c1-11-15(20)16(18(21,22)23)24-26(11)10-14(27)25-8-6-17(28,7-9-25)12-2-4-13(19)5-3-12;12-10-3-1-9(2-4-10)11(14)5-7-13-8-6-11;1-3-5(8)6(7(9,10)11)12-13(3)2-4(14)15/h2-5,28H,6-10H2,1H3;1-4,13-14H,5-8H2;2H2,1H3,(H,14,15). The number of carbonyl (C=O) groups excluding carboxylic acids is 1. The van der Waals surface area contributed by atoms with Gasteiger partial charge in [-0.15, -0.1) is 0 Å². The maximum Gasteiger partial charge on any atom is 0.436 e. The van der Waals surface area contributed by atoms with Gasteiger partial charge >= 0.3 is 18.3 Å². The maximum absolute atomic E-state index is 12.9. The number of carboxylic acids is 1. The number of amides is 1. The molecule has 6 rings (SSSR count). The SMILES string of the molecule is Cc1c(Cl)c(C(F)(F)F)nn1CC(=O)N1CCC(O)(c2ccc(Br)cc2)CC1.Cc1c(Cl)c(C(F)(F)F)nn1CC(=O)O.OC1(c2ccc(Br)cc2)CCNCC1. The lowest BCUT2D eigenvalue weighted by Gasteiger charge is -2.38. The Kier molecular flexibility index (Phi) is 15.3. The van der Waals surface area contributed by atoms with Gasteiger partial charge in [-0.1, -0.05) is 79.3 Å². The molecule has 2 aliphatic heterocycles. The van der Waals surface area contributed by atoms with Crippen molar-refractivity contribution in [1.29, 1.82) is 0 Å². The molecule has 2 aromatic carbocycles. The fourth-order valence-corrected chi connectivity index (χ4v) is 7.15. The van der Waals surface area contributed by atoms with Gasteiger partial charge < -0.3 is 25.5 Å². The van der Waals surface area contributed by atoms with Gasteiger partial charge in [-0.3, -0.25) is 19.0 Å². The number of carbonyl (C=O) groups is 2. The molecule has 4 aromatic rings. The zero-order valence-corrected chi connectivity index (χ0v) is 35.0. The monoisotopic (exact) mass is 976 g/mol. The summed E-state index contributed by atoms with van der Waals surface area (Å²) < 4.78 is 79.2. The third kappa shape index (κ3) is 11.9. The maximum atomic E-state index is 12.9. The number of alkyl halides is 6. The number of aliphatic carboxylic acids is 1. The van der Waals surface area contributed by atoms with Crippen molar-refractivity contribution in [2.75, 3.05) is 26.2 Å². The van der Waals surface area contributed by atoms with Crippen LogP contribution in [0.2, 0.25) is 10.0 Å². The second-order valence-electron chi connectivity index (χ2n) is 13.4. The Morgan fingerprint density at radius 2 is 1.09 bits per heavy atom. The first-order valence-corrected chi connectivity index (χ1v) is 19.6. The van der Waals surface area contributed by atoms with Crippen molar-refractivity contribution in [3.63, 3.8) is 0 Å². The number of aliphatic hydroxyl groups is 2. The first kappa shape index (κ1) is 46.5. The number of hydrogen-bond acceptors (Lipinski definition) is 7. The summed E-state index contributed by atoms with van der Waals surface area (Å²) in [5.74, 6) is -1.65. The first-order valence-electron chi connectivity index (χ1n) is 17.2. The van der Waals surface area contributed by atoms with Gasteiger partial charge in [0, 0.05) is 22.0 Å². The Labute approximate surface area is 350 Å². The highest BCUT2D eigenvalue weighted by atomic mass is 79.9. The van der Waals surface area contributed by atoms with Crippen molar-refractivity contribution in [3.8, 4) is 0 Å². The number of rotatable bonds is 6. The molecule has 0 spiro atoms. The molecule has 21 heteroatoms. The Hall–Kier alpha value is -3.20. The van der Waals surface area contributed by atoms with E-state index >= 15 is 0 Å². The lowest BCUT2D eigenvalue weighted by atomic mass is 9.84. The summed E-state index contributed by atoms with van der Waals surface area (Å²) in [7, 11) is 0. The van der Waals surface area contributed by atoms with Crippen molar-refractivity contribution in [2.24, 2.45) is 0 Å². The van der Waals surface area contributed by atoms with Crippen LogP contribution < -0.4 is 5.32 Å². The molecule has 57 heavy (non-hydrogen) atoms. The number of nitrogens with one attached hydrogen (secondary N) is 1. The minimum atomic E-state index is -4.68. The van der Waals surface area contributed by atoms with Gasteiger partial charge in [0.2, 0.25) is 5.91 Å². The smallest absolute Gasteiger partial charge is 0.436 e. The molecule has 312 valence electrons. The van der Waals surface area contributed by atoms with Crippen LogP contribution in [-0.4, -0.2) is 77.8 Å². The summed E-state index contributed by atoms with van der Waals surface area (Å²) in [6, 6.07) is 15.3. The van der Waals surface area contributed by atoms with E-state index in [4.69, 9.17) is 28.3 Å². The van der Waals surface area contributed by atoms with Crippen LogP contribution in [-0.2, 0) is 46.2 Å². The number of carboxylic acid groups (broad SMARTS) is 1. The Bertz CT molecular complexity index is 2010. The highest BCUT2D eigenvalue weighted by molar-refractivity contribution is 9.10. The number of nitrogens with zero attached hydrogens (tertiary/aromatic N) is 5. The summed E-state index contributed by atoms with van der Waals surface area (Å²) in [5, 5.41) is 38.4. The first-order chi connectivity index (χ1) is 26.4. The summed E-state index contributed by atoms with van der Waals surface area (Å²) >= 11 is 17.8. The molecular weight excluding hydrogens is 941 g/mol. The summed E-state index contributed by atoms with van der Waals surface area (Å²) in [5.41, 5.74) is -2.24. The molecule has 2 aliphatic rings. The third-order valence-corrected chi connectivity index (χ3v) is 11.5. The van der Waals surface area contributed by atoms with Gasteiger partial charge in [0.1, 0.15) is 13.1 Å². The van der Waals surface area contributed by atoms with E-state index in [9.17, 15) is 46.1 Å². The highest BCUT2D eigenvalue weighted by Crippen LogP contribution is 2.37. The minimum absolute atomic E-state index is 0.0219. The number of benzene rings is 2. The number of likely N-dealkylation sites (tertiary alicyclic amines) is 1. The van der Waals surface area contributed by atoms with Crippen LogP contribution in [0, 0.1) is 13.8 Å². The van der Waals surface area contributed by atoms with E-state index in [1.54, 1.807) is 0 Å². The van der Waals surface area contributed by atoms with Crippen LogP contribution in [0.25, 0.3) is 0 Å². The molecule has 2 aromatic heterocycles. The molecule has 0 saturated carbocycles. The number of aromatic nitrogens is 4. The highest BCUT2D eigenvalue weighted by Gasteiger charge is 2.40. The Morgan fingerprint density at radius 1 is 0.719 bits per heavy atom. The number of hydrogen-bond donors (Lipinski definition) is 4. The molecule has 0 aliphatic carbocycles. The predicted molar refractivity (Wildman–Crippen MR) is 206 cm³/mol. The van der Waals surface area contributed by atoms with E-state index in [2.05, 4.69) is 47.4 Å². The molecule has 4 N–H and O–H groups in total. The second-order valence-corrected chi connectivity index (χ2v) is 16.0. The number of halogens is 10. The molecular formula is C36H38Br2Cl2F6N6O5. The molecule has 0 unspecified atom stereocenters. The second kappa shape index (κ2) is 18.8. The van der Waals surface area contributed by atoms with Crippen LogP contribution in [0.5, 0.6) is 0 Å². The predicted octanol–water partition coefficient (Wildman–Crippen LogP) is 8.10. The average Bonchev–Trinajstić information content (AvgIpc) is 3.59. The van der Waals surface area contributed by atoms with E-state index in [1.807, 2.05) is 48.5 Å². The average molecular weight is 979 g/mol. The summed E-state index contributed by atoms with van der Waals surface area (Å²) in [6.07, 6.45) is -7.07. The fourth-order valence-electron chi connectivity index (χ4n) is 6.14. The van der Waals surface area contributed by atoms with E-state index in [0.29, 0.717) is 30.6 Å². The zero-order valence-electron chi connectivity index (χ0n) is 30.4. The molecule has 2 saturated heterocycles. The largest absolute Gasteiger partial charge is 0.480 e. The Morgan fingerprint density at radius 3 is 1.44 bits per heavy atom. The van der Waals surface area contributed by atoms with Crippen molar-refractivity contribution >= 4 is 66.9 Å². The quantitative estimate of drug-likeness (QED) is 0.142. The minimum Gasteiger partial charge on any atom is -0.480 e. The molecule has 4 heterocycles. The fraction of sp³-hybridized carbons (Fsp3) is 0.444. The van der Waals surface area contributed by atoms with Gasteiger partial charge in [0.25, 0.3) is 0 Å². The van der Waals surface area contributed by atoms with Gasteiger partial charge in [0.05, 0.1) is 32.6 Å². The zero-order chi connectivity index (χ0) is 42.5. The third-order valence-electron chi connectivity index (χ3n) is 9.51. The van der Waals surface area contributed by atoms with Crippen LogP contribution in [0.15, 0.2) is 57.5 Å². The van der Waals surface area contributed by atoms with E-state index in [-0.39, 0.29) is 23.8 Å². The Balaban J connectivity index is 0.000000209. The van der Waals surface area contributed by atoms with E-state index < -0.39 is 57.5 Å². The number of piperidine rings is 2. The van der Waals surface area contributed by atoms with Gasteiger partial charge in [-0.2, -0.15) is 36.5 Å². The molecule has 11 nitrogen and oxygen atoms in total. The van der Waals surface area contributed by atoms with Crippen LogP contribution in [0.1, 0.15) is 59.6 Å². The van der Waals surface area contributed by atoms with Crippen LogP contribution in [0.4, 0.5) is 26.3 Å². The normalized spacial score (nSPS) is 16.6. The van der Waals surface area contributed by atoms with E-state index in [0.717, 1.165) is 50.7 Å². The van der Waals surface area contributed by atoms with Gasteiger partial charge in [-0.05, 0) is 88.0 Å². The molecule has 0 radical (unpaired) electrons. The van der Waals surface area contributed by atoms with Crippen molar-refractivity contribution in [3.05, 3.63) is 101 Å². The molecule has 0 atom stereocenters. The van der Waals surface area contributed by atoms with Gasteiger partial charge in [-0.25, -0.2) is 0 Å². The lowest BCUT2D eigenvalue weighted by Crippen LogP contribution is -2.46.